The minimum atomic E-state index is -3.64. The van der Waals surface area contributed by atoms with E-state index >= 15 is 0 Å². The Kier molecular flexibility index (Phi) is 7.37. The highest BCUT2D eigenvalue weighted by atomic mass is 79.9. The number of sulfonamides is 1. The van der Waals surface area contributed by atoms with Crippen LogP contribution in [0.15, 0.2) is 58.1 Å². The Balaban J connectivity index is 2.09. The highest BCUT2D eigenvalue weighted by Crippen LogP contribution is 2.22. The molecular formula is C18H20BrN3O4S. The number of carbonyl (C=O) groups excluding carboxylic acids is 1. The fourth-order valence-corrected chi connectivity index (χ4v) is 3.48. The van der Waals surface area contributed by atoms with Crippen LogP contribution in [-0.4, -0.2) is 39.9 Å². The predicted molar refractivity (Wildman–Crippen MR) is 110 cm³/mol. The van der Waals surface area contributed by atoms with Gasteiger partial charge in [-0.1, -0.05) is 28.1 Å². The molecule has 144 valence electrons. The number of hydrazone groups is 1. The second-order valence-corrected chi connectivity index (χ2v) is 8.55. The lowest BCUT2D eigenvalue weighted by molar-refractivity contribution is -0.119. The summed E-state index contributed by atoms with van der Waals surface area (Å²) in [4.78, 5) is 12.2. The fraction of sp³-hybridized carbons (Fsp3) is 0.222. The molecule has 0 saturated carbocycles. The van der Waals surface area contributed by atoms with Gasteiger partial charge in [0.1, 0.15) is 12.3 Å². The molecule has 2 aromatic rings. The van der Waals surface area contributed by atoms with Crippen LogP contribution >= 0.6 is 15.9 Å². The van der Waals surface area contributed by atoms with Crippen LogP contribution in [0.2, 0.25) is 0 Å². The number of methoxy groups -OCH3 is 1. The molecule has 1 amide bonds. The van der Waals surface area contributed by atoms with Gasteiger partial charge in [0.2, 0.25) is 10.0 Å². The summed E-state index contributed by atoms with van der Waals surface area (Å²) >= 11 is 3.34. The van der Waals surface area contributed by atoms with E-state index in [-0.39, 0.29) is 12.3 Å². The van der Waals surface area contributed by atoms with Crippen LogP contribution in [0.4, 0.5) is 5.69 Å². The number of amides is 1. The van der Waals surface area contributed by atoms with Gasteiger partial charge in [0, 0.05) is 4.47 Å². The summed E-state index contributed by atoms with van der Waals surface area (Å²) in [5.41, 5.74) is 3.53. The summed E-state index contributed by atoms with van der Waals surface area (Å²) in [5.74, 6) is -0.0820. The number of nitrogens with one attached hydrogen (secondary N) is 1. The van der Waals surface area contributed by atoms with E-state index in [4.69, 9.17) is 4.74 Å². The van der Waals surface area contributed by atoms with Gasteiger partial charge in [0.15, 0.2) is 0 Å². The molecule has 0 saturated heterocycles. The van der Waals surface area contributed by atoms with E-state index in [0.29, 0.717) is 11.4 Å². The number of carbonyl (C=O) groups is 1. The molecule has 0 spiro atoms. The lowest BCUT2D eigenvalue weighted by Gasteiger charge is -2.23. The van der Waals surface area contributed by atoms with Crippen molar-refractivity contribution in [1.82, 2.24) is 5.43 Å². The summed E-state index contributed by atoms with van der Waals surface area (Å²) in [6.07, 6.45) is 1.48. The molecule has 2 aromatic carbocycles. The van der Waals surface area contributed by atoms with Crippen molar-refractivity contribution >= 4 is 43.8 Å². The number of hydrogen-bond donors (Lipinski definition) is 1. The Morgan fingerprint density at radius 1 is 1.19 bits per heavy atom. The van der Waals surface area contributed by atoms with Crippen molar-refractivity contribution in [3.05, 3.63) is 58.6 Å². The molecule has 1 N–H and O–H groups in total. The van der Waals surface area contributed by atoms with Gasteiger partial charge < -0.3 is 4.74 Å². The smallest absolute Gasteiger partial charge is 0.260 e. The Labute approximate surface area is 167 Å². The lowest BCUT2D eigenvalue weighted by Crippen LogP contribution is -2.40. The second kappa shape index (κ2) is 9.52. The molecule has 0 aromatic heterocycles. The van der Waals surface area contributed by atoms with Crippen molar-refractivity contribution in [2.45, 2.75) is 6.92 Å². The molecule has 0 aliphatic heterocycles. The fourth-order valence-electron chi connectivity index (χ4n) is 2.15. The van der Waals surface area contributed by atoms with E-state index in [1.807, 2.05) is 24.3 Å². The Bertz CT molecular complexity index is 897. The maximum atomic E-state index is 12.4. The number of benzene rings is 2. The molecule has 2 rings (SSSR count). The standard InChI is InChI=1S/C18H20BrN3O4S/c1-3-27(24,25)22(16-8-10-17(26-2)11-9-16)13-18(23)21-20-12-14-4-6-15(19)7-5-14/h4-12H,3,13H2,1-2H3,(H,21,23)/b20-12-. The van der Waals surface area contributed by atoms with Crippen molar-refractivity contribution in [2.24, 2.45) is 5.10 Å². The topological polar surface area (TPSA) is 88.1 Å². The molecule has 0 aliphatic carbocycles. The van der Waals surface area contributed by atoms with Crippen LogP contribution in [0, 0.1) is 0 Å². The number of halogens is 1. The van der Waals surface area contributed by atoms with Crippen LogP contribution < -0.4 is 14.5 Å². The zero-order valence-corrected chi connectivity index (χ0v) is 17.3. The third-order valence-electron chi connectivity index (χ3n) is 3.62. The minimum absolute atomic E-state index is 0.130. The highest BCUT2D eigenvalue weighted by molar-refractivity contribution is 9.10. The molecule has 27 heavy (non-hydrogen) atoms. The number of ether oxygens (including phenoxy) is 1. The minimum Gasteiger partial charge on any atom is -0.497 e. The van der Waals surface area contributed by atoms with Crippen molar-refractivity contribution in [3.63, 3.8) is 0 Å². The van der Waals surface area contributed by atoms with Crippen LogP contribution in [-0.2, 0) is 14.8 Å². The second-order valence-electron chi connectivity index (χ2n) is 5.45. The van der Waals surface area contributed by atoms with E-state index in [9.17, 15) is 13.2 Å². The van der Waals surface area contributed by atoms with Crippen LogP contribution in [0.3, 0.4) is 0 Å². The molecule has 0 heterocycles. The quantitative estimate of drug-likeness (QED) is 0.491. The van der Waals surface area contributed by atoms with Crippen LogP contribution in [0.25, 0.3) is 0 Å². The Hall–Kier alpha value is -2.39. The summed E-state index contributed by atoms with van der Waals surface area (Å²) in [6, 6.07) is 13.8. The molecule has 0 atom stereocenters. The molecule has 0 bridgehead atoms. The Morgan fingerprint density at radius 2 is 1.81 bits per heavy atom. The van der Waals surface area contributed by atoms with E-state index in [0.717, 1.165) is 14.3 Å². The number of hydrogen-bond acceptors (Lipinski definition) is 5. The van der Waals surface area contributed by atoms with Gasteiger partial charge >= 0.3 is 0 Å². The van der Waals surface area contributed by atoms with Gasteiger partial charge in [-0.3, -0.25) is 9.10 Å². The van der Waals surface area contributed by atoms with Gasteiger partial charge in [0.05, 0.1) is 24.8 Å². The Morgan fingerprint density at radius 3 is 2.37 bits per heavy atom. The summed E-state index contributed by atoms with van der Waals surface area (Å²) in [5, 5.41) is 3.87. The summed E-state index contributed by atoms with van der Waals surface area (Å²) < 4.78 is 31.8. The van der Waals surface area contributed by atoms with E-state index in [1.54, 1.807) is 24.3 Å². The largest absolute Gasteiger partial charge is 0.497 e. The van der Waals surface area contributed by atoms with Gasteiger partial charge in [-0.25, -0.2) is 13.8 Å². The maximum absolute atomic E-state index is 12.4. The normalized spacial score (nSPS) is 11.4. The first kappa shape index (κ1) is 20.9. The average molecular weight is 454 g/mol. The van der Waals surface area contributed by atoms with Gasteiger partial charge in [-0.15, -0.1) is 0 Å². The first-order valence-electron chi connectivity index (χ1n) is 8.07. The molecule has 0 fully saturated rings. The van der Waals surface area contributed by atoms with Crippen LogP contribution in [0.5, 0.6) is 5.75 Å². The van der Waals surface area contributed by atoms with E-state index in [2.05, 4.69) is 26.5 Å². The van der Waals surface area contributed by atoms with Gasteiger partial charge in [-0.2, -0.15) is 5.10 Å². The van der Waals surface area contributed by atoms with Crippen molar-refractivity contribution in [3.8, 4) is 5.75 Å². The monoisotopic (exact) mass is 453 g/mol. The van der Waals surface area contributed by atoms with E-state index in [1.165, 1.54) is 20.2 Å². The number of anilines is 1. The maximum Gasteiger partial charge on any atom is 0.260 e. The van der Waals surface area contributed by atoms with Crippen molar-refractivity contribution in [1.29, 1.82) is 0 Å². The van der Waals surface area contributed by atoms with E-state index < -0.39 is 15.9 Å². The first-order chi connectivity index (χ1) is 12.9. The predicted octanol–water partition coefficient (Wildman–Crippen LogP) is 2.76. The average Bonchev–Trinajstić information content (AvgIpc) is 2.67. The third-order valence-corrected chi connectivity index (χ3v) is 5.89. The highest BCUT2D eigenvalue weighted by Gasteiger charge is 2.23. The van der Waals surface area contributed by atoms with Crippen molar-refractivity contribution < 1.29 is 17.9 Å². The first-order valence-corrected chi connectivity index (χ1v) is 10.5. The molecule has 7 nitrogen and oxygen atoms in total. The number of nitrogens with zero attached hydrogens (tertiary/aromatic N) is 2. The number of rotatable bonds is 8. The molecule has 0 aliphatic rings. The molecular weight excluding hydrogens is 434 g/mol. The van der Waals surface area contributed by atoms with Crippen molar-refractivity contribution in [2.75, 3.05) is 23.7 Å². The van der Waals surface area contributed by atoms with Crippen LogP contribution in [0.1, 0.15) is 12.5 Å². The zero-order chi connectivity index (χ0) is 19.9. The molecule has 0 unspecified atom stereocenters. The summed E-state index contributed by atoms with van der Waals surface area (Å²) in [6.45, 7) is 1.15. The lowest BCUT2D eigenvalue weighted by atomic mass is 10.2. The third kappa shape index (κ3) is 6.07. The zero-order valence-electron chi connectivity index (χ0n) is 14.9. The van der Waals surface area contributed by atoms with Gasteiger partial charge in [0.25, 0.3) is 5.91 Å². The molecule has 0 radical (unpaired) electrons. The van der Waals surface area contributed by atoms with Gasteiger partial charge in [-0.05, 0) is 48.9 Å². The SMILES string of the molecule is CCS(=O)(=O)N(CC(=O)N/N=C\c1ccc(Br)cc1)c1ccc(OC)cc1. The summed E-state index contributed by atoms with van der Waals surface area (Å²) in [7, 11) is -2.12. The molecule has 9 heteroatoms.